The highest BCUT2D eigenvalue weighted by molar-refractivity contribution is 6.30. The molecule has 5 heteroatoms. The number of hydrogen-bond donors (Lipinski definition) is 2. The number of urea groups is 1. The lowest BCUT2D eigenvalue weighted by atomic mass is 10.2. The lowest BCUT2D eigenvalue weighted by Gasteiger charge is -2.16. The zero-order valence-electron chi connectivity index (χ0n) is 13.3. The third kappa shape index (κ3) is 6.72. The van der Waals surface area contributed by atoms with E-state index in [0.29, 0.717) is 17.3 Å². The molecule has 0 spiro atoms. The number of halogens is 1. The molecule has 0 aliphatic carbocycles. The molecule has 0 unspecified atom stereocenters. The van der Waals surface area contributed by atoms with Crippen LogP contribution in [0.3, 0.4) is 0 Å². The zero-order chi connectivity index (χ0) is 16.5. The second-order valence-corrected chi connectivity index (χ2v) is 5.90. The van der Waals surface area contributed by atoms with Gasteiger partial charge in [0.05, 0.1) is 0 Å². The maximum Gasteiger partial charge on any atom is 0.319 e. The summed E-state index contributed by atoms with van der Waals surface area (Å²) in [5, 5.41) is 6.21. The third-order valence-electron chi connectivity index (χ3n) is 3.38. The molecular formula is C18H22ClN3O. The minimum Gasteiger partial charge on any atom is -0.338 e. The molecular weight excluding hydrogens is 310 g/mol. The molecule has 0 aromatic heterocycles. The van der Waals surface area contributed by atoms with Crippen molar-refractivity contribution in [2.75, 3.05) is 25.5 Å². The van der Waals surface area contributed by atoms with Gasteiger partial charge in [-0.15, -0.1) is 0 Å². The second kappa shape index (κ2) is 9.18. The van der Waals surface area contributed by atoms with Crippen molar-refractivity contribution in [3.05, 3.63) is 65.2 Å². The number of benzene rings is 2. The van der Waals surface area contributed by atoms with Crippen LogP contribution >= 0.6 is 11.6 Å². The first kappa shape index (κ1) is 17.3. The van der Waals surface area contributed by atoms with Crippen LogP contribution in [0.1, 0.15) is 12.0 Å². The molecule has 0 bridgehead atoms. The first-order chi connectivity index (χ1) is 11.1. The van der Waals surface area contributed by atoms with E-state index in [0.717, 1.165) is 19.5 Å². The fraction of sp³-hybridized carbons (Fsp3) is 0.278. The van der Waals surface area contributed by atoms with Crippen molar-refractivity contribution >= 4 is 23.3 Å². The quantitative estimate of drug-likeness (QED) is 0.754. The third-order valence-corrected chi connectivity index (χ3v) is 3.62. The van der Waals surface area contributed by atoms with Crippen LogP contribution in [0.15, 0.2) is 54.6 Å². The fourth-order valence-electron chi connectivity index (χ4n) is 2.27. The van der Waals surface area contributed by atoms with Gasteiger partial charge in [0, 0.05) is 23.8 Å². The Labute approximate surface area is 142 Å². The van der Waals surface area contributed by atoms with Crippen LogP contribution in [0.4, 0.5) is 10.5 Å². The smallest absolute Gasteiger partial charge is 0.319 e. The van der Waals surface area contributed by atoms with Crippen LogP contribution in [0.5, 0.6) is 0 Å². The molecule has 4 nitrogen and oxygen atoms in total. The summed E-state index contributed by atoms with van der Waals surface area (Å²) in [6.45, 7) is 2.47. The van der Waals surface area contributed by atoms with E-state index in [1.54, 1.807) is 24.3 Å². The molecule has 2 N–H and O–H groups in total. The molecule has 23 heavy (non-hydrogen) atoms. The number of hydrogen-bond acceptors (Lipinski definition) is 2. The minimum atomic E-state index is -0.210. The molecule has 0 aliphatic heterocycles. The van der Waals surface area contributed by atoms with E-state index < -0.39 is 0 Å². The molecule has 0 saturated heterocycles. The molecule has 0 fully saturated rings. The van der Waals surface area contributed by atoms with Crippen molar-refractivity contribution in [1.82, 2.24) is 10.2 Å². The predicted octanol–water partition coefficient (Wildman–Crippen LogP) is 3.98. The molecule has 0 saturated carbocycles. The summed E-state index contributed by atoms with van der Waals surface area (Å²) in [6, 6.07) is 17.2. The Hall–Kier alpha value is -2.04. The van der Waals surface area contributed by atoms with Crippen LogP contribution in [-0.2, 0) is 6.54 Å². The predicted molar refractivity (Wildman–Crippen MR) is 95.9 cm³/mol. The number of carbonyl (C=O) groups excluding carboxylic acids is 1. The van der Waals surface area contributed by atoms with Crippen molar-refractivity contribution in [3.63, 3.8) is 0 Å². The minimum absolute atomic E-state index is 0.210. The fourth-order valence-corrected chi connectivity index (χ4v) is 2.46. The molecule has 0 radical (unpaired) electrons. The molecule has 0 heterocycles. The van der Waals surface area contributed by atoms with Gasteiger partial charge in [-0.2, -0.15) is 0 Å². The maximum atomic E-state index is 11.8. The van der Waals surface area contributed by atoms with Crippen molar-refractivity contribution in [3.8, 4) is 0 Å². The van der Waals surface area contributed by atoms with Crippen LogP contribution in [-0.4, -0.2) is 31.1 Å². The van der Waals surface area contributed by atoms with Gasteiger partial charge in [-0.3, -0.25) is 0 Å². The summed E-state index contributed by atoms with van der Waals surface area (Å²) in [4.78, 5) is 14.0. The Balaban J connectivity index is 1.62. The Bertz CT molecular complexity index is 619. The van der Waals surface area contributed by atoms with Gasteiger partial charge < -0.3 is 15.5 Å². The number of anilines is 1. The van der Waals surface area contributed by atoms with E-state index in [1.165, 1.54) is 5.56 Å². The molecule has 0 atom stereocenters. The van der Waals surface area contributed by atoms with Gasteiger partial charge in [0.1, 0.15) is 0 Å². The molecule has 2 aromatic rings. The van der Waals surface area contributed by atoms with Crippen molar-refractivity contribution in [2.45, 2.75) is 13.0 Å². The number of rotatable bonds is 7. The summed E-state index contributed by atoms with van der Waals surface area (Å²) < 4.78 is 0. The lowest BCUT2D eigenvalue weighted by Crippen LogP contribution is -2.31. The van der Waals surface area contributed by atoms with E-state index in [-0.39, 0.29) is 6.03 Å². The van der Waals surface area contributed by atoms with Gasteiger partial charge in [0.25, 0.3) is 0 Å². The number of nitrogens with one attached hydrogen (secondary N) is 2. The highest BCUT2D eigenvalue weighted by atomic mass is 35.5. The normalized spacial score (nSPS) is 10.6. The summed E-state index contributed by atoms with van der Waals surface area (Å²) in [7, 11) is 2.08. The zero-order valence-corrected chi connectivity index (χ0v) is 14.0. The Kier molecular flexibility index (Phi) is 6.91. The summed E-state index contributed by atoms with van der Waals surface area (Å²) in [5.41, 5.74) is 1.98. The molecule has 2 amide bonds. The Morgan fingerprint density at radius 2 is 1.91 bits per heavy atom. The van der Waals surface area contributed by atoms with E-state index in [2.05, 4.69) is 34.7 Å². The van der Waals surface area contributed by atoms with Crippen LogP contribution in [0.25, 0.3) is 0 Å². The first-order valence-electron chi connectivity index (χ1n) is 7.66. The monoisotopic (exact) mass is 331 g/mol. The van der Waals surface area contributed by atoms with Gasteiger partial charge in [-0.25, -0.2) is 4.79 Å². The van der Waals surface area contributed by atoms with Gasteiger partial charge in [0.2, 0.25) is 0 Å². The van der Waals surface area contributed by atoms with E-state index in [1.807, 2.05) is 18.2 Å². The number of amides is 2. The van der Waals surface area contributed by atoms with Gasteiger partial charge in [0.15, 0.2) is 0 Å². The van der Waals surface area contributed by atoms with Crippen LogP contribution in [0, 0.1) is 0 Å². The SMILES string of the molecule is CN(CCCNC(=O)Nc1cccc(Cl)c1)Cc1ccccc1. The molecule has 122 valence electrons. The summed E-state index contributed by atoms with van der Waals surface area (Å²) in [5.74, 6) is 0. The standard InChI is InChI=1S/C18H22ClN3O/c1-22(14-15-7-3-2-4-8-15)12-6-11-20-18(23)21-17-10-5-9-16(19)13-17/h2-5,7-10,13H,6,11-12,14H2,1H3,(H2,20,21,23). The average Bonchev–Trinajstić information content (AvgIpc) is 2.52. The number of carbonyl (C=O) groups is 1. The average molecular weight is 332 g/mol. The van der Waals surface area contributed by atoms with Crippen molar-refractivity contribution in [1.29, 1.82) is 0 Å². The van der Waals surface area contributed by atoms with E-state index >= 15 is 0 Å². The van der Waals surface area contributed by atoms with E-state index in [4.69, 9.17) is 11.6 Å². The van der Waals surface area contributed by atoms with Gasteiger partial charge in [-0.1, -0.05) is 48.0 Å². The molecule has 0 aliphatic rings. The molecule has 2 rings (SSSR count). The Morgan fingerprint density at radius 3 is 2.65 bits per heavy atom. The maximum absolute atomic E-state index is 11.8. The van der Waals surface area contributed by atoms with E-state index in [9.17, 15) is 4.79 Å². The van der Waals surface area contributed by atoms with Crippen LogP contribution < -0.4 is 10.6 Å². The van der Waals surface area contributed by atoms with Crippen molar-refractivity contribution < 1.29 is 4.79 Å². The number of nitrogens with zero attached hydrogens (tertiary/aromatic N) is 1. The molecule has 2 aromatic carbocycles. The van der Waals surface area contributed by atoms with Gasteiger partial charge >= 0.3 is 6.03 Å². The largest absolute Gasteiger partial charge is 0.338 e. The Morgan fingerprint density at radius 1 is 1.13 bits per heavy atom. The highest BCUT2D eigenvalue weighted by Crippen LogP contribution is 2.14. The summed E-state index contributed by atoms with van der Waals surface area (Å²) >= 11 is 5.88. The lowest BCUT2D eigenvalue weighted by molar-refractivity contribution is 0.250. The van der Waals surface area contributed by atoms with Gasteiger partial charge in [-0.05, 0) is 43.8 Å². The topological polar surface area (TPSA) is 44.4 Å². The summed E-state index contributed by atoms with van der Waals surface area (Å²) in [6.07, 6.45) is 0.895. The highest BCUT2D eigenvalue weighted by Gasteiger charge is 2.03. The van der Waals surface area contributed by atoms with Crippen molar-refractivity contribution in [2.24, 2.45) is 0 Å². The van der Waals surface area contributed by atoms with Crippen LogP contribution in [0.2, 0.25) is 5.02 Å². The second-order valence-electron chi connectivity index (χ2n) is 5.47. The first-order valence-corrected chi connectivity index (χ1v) is 8.04.